The van der Waals surface area contributed by atoms with E-state index in [0.29, 0.717) is 29.1 Å². The number of carbonyl (C=O) groups excluding carboxylic acids is 1. The van der Waals surface area contributed by atoms with Crippen molar-refractivity contribution in [3.05, 3.63) is 34.5 Å². The number of hydrogen-bond donors (Lipinski definition) is 1. The van der Waals surface area contributed by atoms with E-state index in [4.69, 9.17) is 21.8 Å². The van der Waals surface area contributed by atoms with Crippen LogP contribution in [-0.2, 0) is 0 Å². The number of carbonyl (C=O) groups is 1. The first-order valence-electron chi connectivity index (χ1n) is 5.04. The summed E-state index contributed by atoms with van der Waals surface area (Å²) in [6.45, 7) is 2.21. The standard InChI is InChI=1S/C12H12ClNO2/c1-7-6-9(10(15)2-4-14)12-8(11(7)13)3-5-16-12/h3,5-6H,2,4,14H2,1H3. The summed E-state index contributed by atoms with van der Waals surface area (Å²) in [5, 5.41) is 1.41. The molecule has 1 aromatic heterocycles. The fourth-order valence-corrected chi connectivity index (χ4v) is 1.92. The highest BCUT2D eigenvalue weighted by atomic mass is 35.5. The molecule has 0 aliphatic rings. The number of nitrogens with two attached hydrogens (primary N) is 1. The molecule has 0 unspecified atom stereocenters. The first-order valence-corrected chi connectivity index (χ1v) is 5.42. The predicted octanol–water partition coefficient (Wildman–Crippen LogP) is 2.93. The molecule has 0 aliphatic heterocycles. The summed E-state index contributed by atoms with van der Waals surface area (Å²) in [6.07, 6.45) is 1.85. The van der Waals surface area contributed by atoms with Crippen molar-refractivity contribution in [2.75, 3.05) is 6.54 Å². The Kier molecular flexibility index (Phi) is 2.99. The first kappa shape index (κ1) is 11.2. The van der Waals surface area contributed by atoms with Crippen molar-refractivity contribution >= 4 is 28.4 Å². The van der Waals surface area contributed by atoms with Crippen LogP contribution in [0.3, 0.4) is 0 Å². The molecule has 0 aliphatic carbocycles. The molecule has 0 saturated carbocycles. The van der Waals surface area contributed by atoms with E-state index in [1.54, 1.807) is 12.1 Å². The molecule has 1 heterocycles. The first-order chi connectivity index (χ1) is 7.65. The van der Waals surface area contributed by atoms with Gasteiger partial charge in [0.2, 0.25) is 0 Å². The van der Waals surface area contributed by atoms with Crippen LogP contribution in [0.1, 0.15) is 22.3 Å². The van der Waals surface area contributed by atoms with Gasteiger partial charge in [-0.1, -0.05) is 11.6 Å². The van der Waals surface area contributed by atoms with E-state index >= 15 is 0 Å². The lowest BCUT2D eigenvalue weighted by atomic mass is 10.0. The maximum absolute atomic E-state index is 11.8. The third-order valence-corrected chi connectivity index (χ3v) is 3.03. The van der Waals surface area contributed by atoms with Crippen molar-refractivity contribution < 1.29 is 9.21 Å². The summed E-state index contributed by atoms with van der Waals surface area (Å²) in [4.78, 5) is 11.8. The SMILES string of the molecule is Cc1cc(C(=O)CCN)c2occc2c1Cl. The zero-order valence-corrected chi connectivity index (χ0v) is 9.67. The Labute approximate surface area is 98.2 Å². The summed E-state index contributed by atoms with van der Waals surface area (Å²) in [7, 11) is 0. The summed E-state index contributed by atoms with van der Waals surface area (Å²) in [5.41, 5.74) is 7.36. The average molecular weight is 238 g/mol. The van der Waals surface area contributed by atoms with Crippen molar-refractivity contribution in [3.63, 3.8) is 0 Å². The van der Waals surface area contributed by atoms with Crippen LogP contribution in [0.2, 0.25) is 5.02 Å². The van der Waals surface area contributed by atoms with Gasteiger partial charge in [-0.05, 0) is 31.2 Å². The summed E-state index contributed by atoms with van der Waals surface area (Å²) >= 11 is 6.13. The van der Waals surface area contributed by atoms with E-state index in [-0.39, 0.29) is 5.78 Å². The van der Waals surface area contributed by atoms with E-state index in [0.717, 1.165) is 10.9 Å². The Hall–Kier alpha value is -1.32. The molecule has 16 heavy (non-hydrogen) atoms. The quantitative estimate of drug-likeness (QED) is 0.835. The number of rotatable bonds is 3. The second-order valence-electron chi connectivity index (χ2n) is 3.68. The number of benzene rings is 1. The average Bonchev–Trinajstić information content (AvgIpc) is 2.72. The monoisotopic (exact) mass is 237 g/mol. The minimum Gasteiger partial charge on any atom is -0.464 e. The molecule has 2 rings (SSSR count). The third-order valence-electron chi connectivity index (χ3n) is 2.53. The van der Waals surface area contributed by atoms with E-state index in [1.165, 1.54) is 6.26 Å². The predicted molar refractivity (Wildman–Crippen MR) is 64.0 cm³/mol. The number of hydrogen-bond acceptors (Lipinski definition) is 3. The number of furan rings is 1. The van der Waals surface area contributed by atoms with Gasteiger partial charge in [0.05, 0.1) is 16.8 Å². The van der Waals surface area contributed by atoms with Gasteiger partial charge in [-0.25, -0.2) is 0 Å². The number of ketones is 1. The molecule has 3 nitrogen and oxygen atoms in total. The second kappa shape index (κ2) is 4.28. The maximum atomic E-state index is 11.8. The fraction of sp³-hybridized carbons (Fsp3) is 0.250. The summed E-state index contributed by atoms with van der Waals surface area (Å²) in [5.74, 6) is -0.0118. The van der Waals surface area contributed by atoms with Crippen molar-refractivity contribution in [1.82, 2.24) is 0 Å². The molecule has 0 amide bonds. The van der Waals surface area contributed by atoms with Gasteiger partial charge >= 0.3 is 0 Å². The molecule has 0 radical (unpaired) electrons. The Morgan fingerprint density at radius 2 is 2.31 bits per heavy atom. The van der Waals surface area contributed by atoms with Crippen molar-refractivity contribution in [1.29, 1.82) is 0 Å². The van der Waals surface area contributed by atoms with Gasteiger partial charge in [-0.3, -0.25) is 4.79 Å². The molecule has 2 aromatic rings. The zero-order valence-electron chi connectivity index (χ0n) is 8.92. The lowest BCUT2D eigenvalue weighted by molar-refractivity contribution is 0.0986. The molecular formula is C12H12ClNO2. The van der Waals surface area contributed by atoms with Gasteiger partial charge in [0.1, 0.15) is 5.58 Å². The largest absolute Gasteiger partial charge is 0.464 e. The molecule has 0 spiro atoms. The van der Waals surface area contributed by atoms with Crippen molar-refractivity contribution in [2.45, 2.75) is 13.3 Å². The van der Waals surface area contributed by atoms with Gasteiger partial charge < -0.3 is 10.2 Å². The van der Waals surface area contributed by atoms with Gasteiger partial charge in [0, 0.05) is 11.8 Å². The van der Waals surface area contributed by atoms with Gasteiger partial charge in [0.25, 0.3) is 0 Å². The molecule has 2 N–H and O–H groups in total. The number of aryl methyl sites for hydroxylation is 1. The van der Waals surface area contributed by atoms with Crippen LogP contribution < -0.4 is 5.73 Å². The Morgan fingerprint density at radius 3 is 3.00 bits per heavy atom. The Morgan fingerprint density at radius 1 is 1.56 bits per heavy atom. The molecule has 0 bridgehead atoms. The Bertz CT molecular complexity index is 545. The highest BCUT2D eigenvalue weighted by molar-refractivity contribution is 6.36. The maximum Gasteiger partial charge on any atom is 0.167 e. The highest BCUT2D eigenvalue weighted by Crippen LogP contribution is 2.31. The van der Waals surface area contributed by atoms with Crippen LogP contribution in [0.4, 0.5) is 0 Å². The van der Waals surface area contributed by atoms with Crippen LogP contribution in [0.15, 0.2) is 22.8 Å². The highest BCUT2D eigenvalue weighted by Gasteiger charge is 2.15. The summed E-state index contributed by atoms with van der Waals surface area (Å²) in [6, 6.07) is 3.52. The Balaban J connectivity index is 2.65. The van der Waals surface area contributed by atoms with Crippen LogP contribution in [0.25, 0.3) is 11.0 Å². The van der Waals surface area contributed by atoms with Crippen LogP contribution in [0, 0.1) is 6.92 Å². The lowest BCUT2D eigenvalue weighted by Crippen LogP contribution is -2.08. The fourth-order valence-electron chi connectivity index (χ4n) is 1.72. The lowest BCUT2D eigenvalue weighted by Gasteiger charge is -2.05. The van der Waals surface area contributed by atoms with E-state index in [2.05, 4.69) is 0 Å². The minimum absolute atomic E-state index is 0.0118. The number of fused-ring (bicyclic) bond motifs is 1. The van der Waals surface area contributed by atoms with Gasteiger partial charge in [-0.2, -0.15) is 0 Å². The van der Waals surface area contributed by atoms with E-state index < -0.39 is 0 Å². The zero-order chi connectivity index (χ0) is 11.7. The third kappa shape index (κ3) is 1.72. The molecule has 1 aromatic carbocycles. The number of Topliss-reactive ketones (excluding diaryl/α,β-unsaturated/α-hetero) is 1. The normalized spacial score (nSPS) is 10.9. The van der Waals surface area contributed by atoms with Crippen molar-refractivity contribution in [2.24, 2.45) is 5.73 Å². The molecule has 4 heteroatoms. The molecule has 84 valence electrons. The van der Waals surface area contributed by atoms with E-state index in [1.807, 2.05) is 6.92 Å². The molecule has 0 atom stereocenters. The summed E-state index contributed by atoms with van der Waals surface area (Å²) < 4.78 is 5.31. The smallest absolute Gasteiger partial charge is 0.167 e. The van der Waals surface area contributed by atoms with Gasteiger partial charge in [-0.15, -0.1) is 0 Å². The minimum atomic E-state index is -0.0118. The molecule has 0 saturated heterocycles. The number of halogens is 1. The molecule has 0 fully saturated rings. The van der Waals surface area contributed by atoms with Crippen LogP contribution in [-0.4, -0.2) is 12.3 Å². The topological polar surface area (TPSA) is 56.2 Å². The van der Waals surface area contributed by atoms with E-state index in [9.17, 15) is 4.79 Å². The molecular weight excluding hydrogens is 226 g/mol. The van der Waals surface area contributed by atoms with Crippen LogP contribution in [0.5, 0.6) is 0 Å². The van der Waals surface area contributed by atoms with Gasteiger partial charge in [0.15, 0.2) is 5.78 Å². The van der Waals surface area contributed by atoms with Crippen LogP contribution >= 0.6 is 11.6 Å². The van der Waals surface area contributed by atoms with Crippen molar-refractivity contribution in [3.8, 4) is 0 Å². The second-order valence-corrected chi connectivity index (χ2v) is 4.06.